The number of nitrogens with one attached hydrogen (secondary N) is 1. The molecule has 98 valence electrons. The minimum atomic E-state index is -0.562. The average Bonchev–Trinajstić information content (AvgIpc) is 2.40. The first-order chi connectivity index (χ1) is 8.59. The van der Waals surface area contributed by atoms with Crippen molar-refractivity contribution in [2.45, 2.75) is 25.8 Å². The van der Waals surface area contributed by atoms with E-state index in [1.54, 1.807) is 4.90 Å². The van der Waals surface area contributed by atoms with Gasteiger partial charge >= 0.3 is 5.69 Å². The van der Waals surface area contributed by atoms with Gasteiger partial charge in [-0.25, -0.2) is 9.36 Å². The molecule has 1 N–H and O–H groups in total. The van der Waals surface area contributed by atoms with Crippen LogP contribution in [0.4, 0.5) is 0 Å². The molecular formula is C11H14BrN3O3. The highest BCUT2D eigenvalue weighted by Gasteiger charge is 2.18. The van der Waals surface area contributed by atoms with Crippen LogP contribution in [0.2, 0.25) is 0 Å². The molecule has 0 aliphatic carbocycles. The first-order valence-corrected chi connectivity index (χ1v) is 6.64. The van der Waals surface area contributed by atoms with E-state index in [1.165, 1.54) is 6.20 Å². The minimum Gasteiger partial charge on any atom is -0.341 e. The fraction of sp³-hybridized carbons (Fsp3) is 0.545. The third-order valence-electron chi connectivity index (χ3n) is 3.02. The van der Waals surface area contributed by atoms with Gasteiger partial charge in [-0.2, -0.15) is 0 Å². The number of carbonyl (C=O) groups is 1. The predicted molar refractivity (Wildman–Crippen MR) is 69.5 cm³/mol. The van der Waals surface area contributed by atoms with Crippen LogP contribution in [-0.2, 0) is 11.3 Å². The van der Waals surface area contributed by atoms with Crippen LogP contribution in [0.15, 0.2) is 20.3 Å². The summed E-state index contributed by atoms with van der Waals surface area (Å²) in [4.78, 5) is 39.4. The van der Waals surface area contributed by atoms with Crippen molar-refractivity contribution in [1.82, 2.24) is 14.5 Å². The fourth-order valence-corrected chi connectivity index (χ4v) is 2.34. The van der Waals surface area contributed by atoms with Crippen LogP contribution in [0.1, 0.15) is 19.3 Å². The predicted octanol–water partition coefficient (Wildman–Crippen LogP) is 0.312. The number of nitrogens with zero attached hydrogens (tertiary/aromatic N) is 2. The van der Waals surface area contributed by atoms with Gasteiger partial charge in [-0.05, 0) is 35.2 Å². The monoisotopic (exact) mass is 315 g/mol. The minimum absolute atomic E-state index is 0.180. The molecule has 1 aromatic heterocycles. The number of halogens is 1. The summed E-state index contributed by atoms with van der Waals surface area (Å²) in [5, 5.41) is 0. The lowest BCUT2D eigenvalue weighted by atomic mass is 10.1. The zero-order valence-corrected chi connectivity index (χ0v) is 11.4. The van der Waals surface area contributed by atoms with Gasteiger partial charge in [-0.1, -0.05) is 0 Å². The number of aromatic nitrogens is 2. The van der Waals surface area contributed by atoms with Crippen molar-refractivity contribution in [3.8, 4) is 0 Å². The Morgan fingerprint density at radius 1 is 1.28 bits per heavy atom. The summed E-state index contributed by atoms with van der Waals surface area (Å²) in [7, 11) is 0. The Kier molecular flexibility index (Phi) is 4.00. The Bertz CT molecular complexity index is 557. The molecule has 0 bridgehead atoms. The number of hydrogen-bond donors (Lipinski definition) is 1. The Hall–Kier alpha value is -1.37. The van der Waals surface area contributed by atoms with Gasteiger partial charge in [-0.15, -0.1) is 0 Å². The second-order valence-electron chi connectivity index (χ2n) is 4.27. The van der Waals surface area contributed by atoms with Crippen molar-refractivity contribution < 1.29 is 4.79 Å². The number of amides is 1. The lowest BCUT2D eigenvalue weighted by Crippen LogP contribution is -2.43. The Morgan fingerprint density at radius 3 is 2.61 bits per heavy atom. The molecule has 2 rings (SSSR count). The van der Waals surface area contributed by atoms with Gasteiger partial charge in [0.05, 0.1) is 4.47 Å². The van der Waals surface area contributed by atoms with E-state index in [0.29, 0.717) is 13.1 Å². The van der Waals surface area contributed by atoms with Crippen LogP contribution in [0.25, 0.3) is 0 Å². The summed E-state index contributed by atoms with van der Waals surface area (Å²) in [6.45, 7) is 1.21. The molecule has 0 atom stereocenters. The van der Waals surface area contributed by atoms with Gasteiger partial charge in [0.25, 0.3) is 5.56 Å². The third kappa shape index (κ3) is 2.72. The average molecular weight is 316 g/mol. The second kappa shape index (κ2) is 5.51. The molecule has 0 aromatic carbocycles. The molecule has 1 aromatic rings. The molecule has 1 amide bonds. The van der Waals surface area contributed by atoms with E-state index in [9.17, 15) is 14.4 Å². The van der Waals surface area contributed by atoms with Crippen LogP contribution in [0.5, 0.6) is 0 Å². The molecule has 0 radical (unpaired) electrons. The normalized spacial score (nSPS) is 15.7. The van der Waals surface area contributed by atoms with Crippen LogP contribution < -0.4 is 11.2 Å². The van der Waals surface area contributed by atoms with Crippen molar-refractivity contribution in [2.75, 3.05) is 13.1 Å². The highest BCUT2D eigenvalue weighted by atomic mass is 79.9. The number of rotatable bonds is 2. The summed E-state index contributed by atoms with van der Waals surface area (Å²) in [6.07, 6.45) is 4.37. The Labute approximate surface area is 112 Å². The van der Waals surface area contributed by atoms with E-state index < -0.39 is 11.2 Å². The Balaban J connectivity index is 2.19. The fourth-order valence-electron chi connectivity index (χ4n) is 2.01. The molecule has 1 fully saturated rings. The topological polar surface area (TPSA) is 75.2 Å². The standard InChI is InChI=1S/C11H14BrN3O3/c12-8-6-13-11(18)15(10(8)17)7-9(16)14-4-2-1-3-5-14/h6H,1-5,7H2,(H,13,18). The van der Waals surface area contributed by atoms with Gasteiger partial charge < -0.3 is 9.88 Å². The summed E-state index contributed by atoms with van der Waals surface area (Å²) in [5.74, 6) is -0.180. The summed E-state index contributed by atoms with van der Waals surface area (Å²) >= 11 is 3.04. The first-order valence-electron chi connectivity index (χ1n) is 5.85. The third-order valence-corrected chi connectivity index (χ3v) is 3.59. The van der Waals surface area contributed by atoms with E-state index in [-0.39, 0.29) is 16.9 Å². The quantitative estimate of drug-likeness (QED) is 0.853. The van der Waals surface area contributed by atoms with E-state index in [0.717, 1.165) is 23.8 Å². The maximum Gasteiger partial charge on any atom is 0.328 e. The lowest BCUT2D eigenvalue weighted by molar-refractivity contribution is -0.132. The van der Waals surface area contributed by atoms with Crippen LogP contribution in [-0.4, -0.2) is 33.4 Å². The van der Waals surface area contributed by atoms with Crippen LogP contribution in [0, 0.1) is 0 Å². The summed E-state index contributed by atoms with van der Waals surface area (Å²) in [6, 6.07) is 0. The highest BCUT2D eigenvalue weighted by Crippen LogP contribution is 2.08. The maximum atomic E-state index is 12.0. The van der Waals surface area contributed by atoms with Crippen molar-refractivity contribution >= 4 is 21.8 Å². The van der Waals surface area contributed by atoms with E-state index in [1.807, 2.05) is 0 Å². The highest BCUT2D eigenvalue weighted by molar-refractivity contribution is 9.10. The number of carbonyl (C=O) groups excluding carboxylic acids is 1. The van der Waals surface area contributed by atoms with Gasteiger partial charge in [0.1, 0.15) is 6.54 Å². The summed E-state index contributed by atoms with van der Waals surface area (Å²) < 4.78 is 1.16. The van der Waals surface area contributed by atoms with Crippen molar-refractivity contribution in [1.29, 1.82) is 0 Å². The van der Waals surface area contributed by atoms with Crippen molar-refractivity contribution in [3.63, 3.8) is 0 Å². The van der Waals surface area contributed by atoms with E-state index in [2.05, 4.69) is 20.9 Å². The molecular weight excluding hydrogens is 302 g/mol. The molecule has 18 heavy (non-hydrogen) atoms. The maximum absolute atomic E-state index is 12.0. The number of likely N-dealkylation sites (tertiary alicyclic amines) is 1. The molecule has 0 saturated carbocycles. The van der Waals surface area contributed by atoms with Crippen molar-refractivity contribution in [2.24, 2.45) is 0 Å². The number of aromatic amines is 1. The lowest BCUT2D eigenvalue weighted by Gasteiger charge is -2.26. The molecule has 2 heterocycles. The van der Waals surface area contributed by atoms with Crippen LogP contribution >= 0.6 is 15.9 Å². The van der Waals surface area contributed by atoms with Gasteiger partial charge in [0.15, 0.2) is 0 Å². The van der Waals surface area contributed by atoms with Gasteiger partial charge in [0, 0.05) is 19.3 Å². The van der Waals surface area contributed by atoms with Crippen molar-refractivity contribution in [3.05, 3.63) is 31.5 Å². The molecule has 0 spiro atoms. The zero-order valence-electron chi connectivity index (χ0n) is 9.82. The zero-order chi connectivity index (χ0) is 13.1. The molecule has 6 nitrogen and oxygen atoms in total. The summed E-state index contributed by atoms with van der Waals surface area (Å²) in [5.41, 5.74) is -1.04. The Morgan fingerprint density at radius 2 is 1.94 bits per heavy atom. The first kappa shape index (κ1) is 13.1. The van der Waals surface area contributed by atoms with E-state index in [4.69, 9.17) is 0 Å². The smallest absolute Gasteiger partial charge is 0.328 e. The van der Waals surface area contributed by atoms with E-state index >= 15 is 0 Å². The molecule has 1 aliphatic heterocycles. The van der Waals surface area contributed by atoms with Gasteiger partial charge in [-0.3, -0.25) is 9.59 Å². The largest absolute Gasteiger partial charge is 0.341 e. The molecule has 0 unspecified atom stereocenters. The number of piperidine rings is 1. The molecule has 1 aliphatic rings. The SMILES string of the molecule is O=C(Cn1c(=O)[nH]cc(Br)c1=O)N1CCCCC1. The number of H-pyrrole nitrogens is 1. The van der Waals surface area contributed by atoms with Gasteiger partial charge in [0.2, 0.25) is 5.91 Å². The second-order valence-corrected chi connectivity index (χ2v) is 5.13. The molecule has 1 saturated heterocycles. The van der Waals surface area contributed by atoms with Crippen LogP contribution in [0.3, 0.4) is 0 Å². The molecule has 7 heteroatoms. The number of hydrogen-bond acceptors (Lipinski definition) is 3.